The van der Waals surface area contributed by atoms with Gasteiger partial charge < -0.3 is 5.32 Å². The maximum absolute atomic E-state index is 11.9. The molecule has 0 aliphatic heterocycles. The van der Waals surface area contributed by atoms with Crippen LogP contribution in [0.1, 0.15) is 16.8 Å². The van der Waals surface area contributed by atoms with Gasteiger partial charge in [-0.05, 0) is 36.4 Å². The standard InChI is InChI=1S/C16H16N2O3S/c19-16(13-7-9-14(10-8-13)18(20)21)17-11-4-12-22-15-5-2-1-3-6-15/h1-3,5-10H,4,11-12H2,(H,17,19). The molecule has 0 saturated carbocycles. The normalized spacial score (nSPS) is 10.2. The van der Waals surface area contributed by atoms with E-state index in [1.54, 1.807) is 11.8 Å². The zero-order valence-corrected chi connectivity index (χ0v) is 12.7. The number of nitrogens with zero attached hydrogens (tertiary/aromatic N) is 1. The molecule has 5 nitrogen and oxygen atoms in total. The molecular formula is C16H16N2O3S. The van der Waals surface area contributed by atoms with Gasteiger partial charge in [-0.1, -0.05) is 18.2 Å². The van der Waals surface area contributed by atoms with Crippen LogP contribution in [-0.4, -0.2) is 23.1 Å². The minimum absolute atomic E-state index is 0.0178. The van der Waals surface area contributed by atoms with Gasteiger partial charge in [0.1, 0.15) is 0 Å². The van der Waals surface area contributed by atoms with E-state index in [1.165, 1.54) is 29.2 Å². The Morgan fingerprint density at radius 1 is 1.09 bits per heavy atom. The van der Waals surface area contributed by atoms with Crippen molar-refractivity contribution in [1.82, 2.24) is 5.32 Å². The van der Waals surface area contributed by atoms with Crippen molar-refractivity contribution in [3.05, 3.63) is 70.3 Å². The molecule has 0 aliphatic rings. The van der Waals surface area contributed by atoms with Crippen molar-refractivity contribution >= 4 is 23.4 Å². The summed E-state index contributed by atoms with van der Waals surface area (Å²) in [5.41, 5.74) is 0.414. The molecule has 1 N–H and O–H groups in total. The van der Waals surface area contributed by atoms with E-state index in [0.29, 0.717) is 12.1 Å². The minimum atomic E-state index is -0.484. The smallest absolute Gasteiger partial charge is 0.269 e. The minimum Gasteiger partial charge on any atom is -0.352 e. The summed E-state index contributed by atoms with van der Waals surface area (Å²) in [7, 11) is 0. The quantitative estimate of drug-likeness (QED) is 0.367. The van der Waals surface area contributed by atoms with Crippen LogP contribution < -0.4 is 5.32 Å². The molecule has 2 aromatic rings. The summed E-state index contributed by atoms with van der Waals surface area (Å²) < 4.78 is 0. The fourth-order valence-electron chi connectivity index (χ4n) is 1.82. The van der Waals surface area contributed by atoms with Gasteiger partial charge in [-0.25, -0.2) is 0 Å². The lowest BCUT2D eigenvalue weighted by Gasteiger charge is -2.05. The van der Waals surface area contributed by atoms with E-state index in [1.807, 2.05) is 18.2 Å². The number of nitro groups is 1. The number of amides is 1. The fourth-order valence-corrected chi connectivity index (χ4v) is 2.69. The summed E-state index contributed by atoms with van der Waals surface area (Å²) in [5.74, 6) is 0.712. The van der Waals surface area contributed by atoms with Crippen molar-refractivity contribution in [2.75, 3.05) is 12.3 Å². The number of non-ortho nitro benzene ring substituents is 1. The second-order valence-electron chi connectivity index (χ2n) is 4.57. The van der Waals surface area contributed by atoms with Gasteiger partial charge in [0.05, 0.1) is 4.92 Å². The largest absolute Gasteiger partial charge is 0.352 e. The Kier molecular flexibility index (Phi) is 5.97. The molecule has 1 amide bonds. The molecule has 0 spiro atoms. The molecule has 0 saturated heterocycles. The number of carbonyl (C=O) groups excluding carboxylic acids is 1. The van der Waals surface area contributed by atoms with E-state index < -0.39 is 4.92 Å². The average Bonchev–Trinajstić information content (AvgIpc) is 2.55. The number of nitro benzene ring substituents is 1. The highest BCUT2D eigenvalue weighted by molar-refractivity contribution is 7.99. The zero-order valence-electron chi connectivity index (χ0n) is 11.9. The first-order valence-electron chi connectivity index (χ1n) is 6.87. The van der Waals surface area contributed by atoms with Gasteiger partial charge in [-0.15, -0.1) is 11.8 Å². The molecule has 0 fully saturated rings. The van der Waals surface area contributed by atoms with Crippen molar-refractivity contribution in [3.63, 3.8) is 0 Å². The highest BCUT2D eigenvalue weighted by Crippen LogP contribution is 2.17. The van der Waals surface area contributed by atoms with Crippen LogP contribution in [0.5, 0.6) is 0 Å². The predicted octanol–water partition coefficient (Wildman–Crippen LogP) is 3.51. The number of thioether (sulfide) groups is 1. The van der Waals surface area contributed by atoms with E-state index in [0.717, 1.165) is 12.2 Å². The van der Waals surface area contributed by atoms with Crippen molar-refractivity contribution in [1.29, 1.82) is 0 Å². The van der Waals surface area contributed by atoms with Crippen LogP contribution in [0, 0.1) is 10.1 Å². The van der Waals surface area contributed by atoms with Gasteiger partial charge >= 0.3 is 0 Å². The second-order valence-corrected chi connectivity index (χ2v) is 5.74. The topological polar surface area (TPSA) is 72.2 Å². The molecular weight excluding hydrogens is 300 g/mol. The van der Waals surface area contributed by atoms with E-state index >= 15 is 0 Å². The Labute approximate surface area is 132 Å². The lowest BCUT2D eigenvalue weighted by atomic mass is 10.2. The van der Waals surface area contributed by atoms with E-state index in [2.05, 4.69) is 17.4 Å². The molecule has 0 unspecified atom stereocenters. The maximum Gasteiger partial charge on any atom is 0.269 e. The first-order chi connectivity index (χ1) is 10.7. The third kappa shape index (κ3) is 4.89. The van der Waals surface area contributed by atoms with Gasteiger partial charge in [-0.2, -0.15) is 0 Å². The van der Waals surface area contributed by atoms with Crippen molar-refractivity contribution in [3.8, 4) is 0 Å². The maximum atomic E-state index is 11.9. The van der Waals surface area contributed by atoms with Crippen LogP contribution in [0.4, 0.5) is 5.69 Å². The molecule has 114 valence electrons. The zero-order chi connectivity index (χ0) is 15.8. The summed E-state index contributed by atoms with van der Waals surface area (Å²) >= 11 is 1.75. The summed E-state index contributed by atoms with van der Waals surface area (Å²) in [6.45, 7) is 0.579. The van der Waals surface area contributed by atoms with Crippen LogP contribution in [0.3, 0.4) is 0 Å². The lowest BCUT2D eigenvalue weighted by molar-refractivity contribution is -0.384. The van der Waals surface area contributed by atoms with Crippen molar-refractivity contribution in [2.45, 2.75) is 11.3 Å². The Morgan fingerprint density at radius 2 is 1.77 bits per heavy atom. The SMILES string of the molecule is O=C(NCCCSc1ccccc1)c1ccc([N+](=O)[O-])cc1. The highest BCUT2D eigenvalue weighted by atomic mass is 32.2. The third-order valence-electron chi connectivity index (χ3n) is 2.96. The van der Waals surface area contributed by atoms with Gasteiger partial charge in [0.2, 0.25) is 0 Å². The van der Waals surface area contributed by atoms with Crippen LogP contribution in [0.2, 0.25) is 0 Å². The van der Waals surface area contributed by atoms with Crippen LogP contribution in [0.15, 0.2) is 59.5 Å². The average molecular weight is 316 g/mol. The summed E-state index contributed by atoms with van der Waals surface area (Å²) in [5, 5.41) is 13.4. The number of hydrogen-bond acceptors (Lipinski definition) is 4. The van der Waals surface area contributed by atoms with E-state index in [4.69, 9.17) is 0 Å². The van der Waals surface area contributed by atoms with Gasteiger partial charge in [0.25, 0.3) is 11.6 Å². The number of nitrogens with one attached hydrogen (secondary N) is 1. The number of carbonyl (C=O) groups is 1. The second kappa shape index (κ2) is 8.19. The Bertz CT molecular complexity index is 630. The Hall–Kier alpha value is -2.34. The molecule has 0 aliphatic carbocycles. The van der Waals surface area contributed by atoms with Gasteiger partial charge in [0, 0.05) is 29.1 Å². The molecule has 0 radical (unpaired) electrons. The van der Waals surface area contributed by atoms with Crippen molar-refractivity contribution < 1.29 is 9.72 Å². The third-order valence-corrected chi connectivity index (χ3v) is 4.06. The van der Waals surface area contributed by atoms with Gasteiger partial charge in [0.15, 0.2) is 0 Å². The Balaban J connectivity index is 1.70. The molecule has 2 rings (SSSR count). The summed E-state index contributed by atoms with van der Waals surface area (Å²) in [4.78, 5) is 23.1. The molecule has 0 heterocycles. The molecule has 0 atom stereocenters. The number of rotatable bonds is 7. The molecule has 0 bridgehead atoms. The van der Waals surface area contributed by atoms with Gasteiger partial charge in [-0.3, -0.25) is 14.9 Å². The first kappa shape index (κ1) is 16.0. The summed E-state index contributed by atoms with van der Waals surface area (Å²) in [6, 6.07) is 15.7. The first-order valence-corrected chi connectivity index (χ1v) is 7.86. The molecule has 2 aromatic carbocycles. The number of hydrogen-bond donors (Lipinski definition) is 1. The van der Waals surface area contributed by atoms with Crippen LogP contribution in [-0.2, 0) is 0 Å². The Morgan fingerprint density at radius 3 is 2.41 bits per heavy atom. The monoisotopic (exact) mass is 316 g/mol. The highest BCUT2D eigenvalue weighted by Gasteiger charge is 2.08. The van der Waals surface area contributed by atoms with Crippen molar-refractivity contribution in [2.24, 2.45) is 0 Å². The predicted molar refractivity (Wildman–Crippen MR) is 87.2 cm³/mol. The van der Waals surface area contributed by atoms with Crippen LogP contribution in [0.25, 0.3) is 0 Å². The molecule has 6 heteroatoms. The van der Waals surface area contributed by atoms with Crippen LogP contribution >= 0.6 is 11.8 Å². The molecule has 22 heavy (non-hydrogen) atoms. The lowest BCUT2D eigenvalue weighted by Crippen LogP contribution is -2.24. The fraction of sp³-hybridized carbons (Fsp3) is 0.188. The van der Waals surface area contributed by atoms with E-state index in [-0.39, 0.29) is 11.6 Å². The summed E-state index contributed by atoms with van der Waals surface area (Å²) in [6.07, 6.45) is 0.859. The molecule has 0 aromatic heterocycles. The van der Waals surface area contributed by atoms with E-state index in [9.17, 15) is 14.9 Å². The number of benzene rings is 2.